The number of benzene rings is 1. The van der Waals surface area contributed by atoms with Gasteiger partial charge in [-0.2, -0.15) is 4.68 Å². The molecule has 0 fully saturated rings. The Balaban J connectivity index is 1.35. The molecule has 1 aromatic carbocycles. The Kier molecular flexibility index (Phi) is 5.84. The van der Waals surface area contributed by atoms with Crippen LogP contribution in [0.3, 0.4) is 0 Å². The van der Waals surface area contributed by atoms with Gasteiger partial charge in [-0.15, -0.1) is 5.10 Å². The van der Waals surface area contributed by atoms with Crippen LogP contribution in [0.4, 0.5) is 5.69 Å². The lowest BCUT2D eigenvalue weighted by Crippen LogP contribution is -2.24. The number of imidazole rings is 1. The number of carbonyl (C=O) groups is 1. The van der Waals surface area contributed by atoms with Crippen molar-refractivity contribution in [2.24, 2.45) is 0 Å². The number of aromatic nitrogens is 8. The van der Waals surface area contributed by atoms with Gasteiger partial charge in [0.05, 0.1) is 40.7 Å². The Morgan fingerprint density at radius 3 is 2.79 bits per heavy atom. The maximum atomic E-state index is 13.5. The van der Waals surface area contributed by atoms with Gasteiger partial charge in [-0.25, -0.2) is 4.98 Å². The second-order valence-electron chi connectivity index (χ2n) is 9.11. The van der Waals surface area contributed by atoms with Gasteiger partial charge in [0.2, 0.25) is 5.91 Å². The predicted octanol–water partition coefficient (Wildman–Crippen LogP) is 3.73. The summed E-state index contributed by atoms with van der Waals surface area (Å²) in [7, 11) is 0. The van der Waals surface area contributed by atoms with Crippen LogP contribution < -0.4 is 10.9 Å². The minimum Gasteiger partial charge on any atom is -0.339 e. The Morgan fingerprint density at radius 2 is 2.05 bits per heavy atom. The van der Waals surface area contributed by atoms with Gasteiger partial charge in [-0.1, -0.05) is 11.6 Å². The van der Waals surface area contributed by atoms with Crippen molar-refractivity contribution in [1.82, 2.24) is 39.7 Å². The molecule has 0 saturated heterocycles. The summed E-state index contributed by atoms with van der Waals surface area (Å²) in [4.78, 5) is 37.3. The second-order valence-corrected chi connectivity index (χ2v) is 9.55. The minimum atomic E-state index is -0.226. The smallest absolute Gasteiger partial charge is 0.252 e. The maximum absolute atomic E-state index is 13.5. The van der Waals surface area contributed by atoms with Crippen LogP contribution in [-0.2, 0) is 11.2 Å². The van der Waals surface area contributed by atoms with E-state index in [9.17, 15) is 9.59 Å². The van der Waals surface area contributed by atoms with Crippen molar-refractivity contribution in [2.75, 3.05) is 5.32 Å². The number of aryl methyl sites for hydroxylation is 2. The zero-order valence-electron chi connectivity index (χ0n) is 20.5. The van der Waals surface area contributed by atoms with E-state index >= 15 is 0 Å². The number of pyridine rings is 2. The molecule has 1 amide bonds. The fourth-order valence-electron chi connectivity index (χ4n) is 4.93. The first-order valence-corrected chi connectivity index (χ1v) is 12.3. The van der Waals surface area contributed by atoms with E-state index < -0.39 is 0 Å². The van der Waals surface area contributed by atoms with E-state index in [2.05, 4.69) is 30.8 Å². The maximum Gasteiger partial charge on any atom is 0.252 e. The van der Waals surface area contributed by atoms with Crippen LogP contribution in [0.1, 0.15) is 36.6 Å². The average Bonchev–Trinajstić information content (AvgIpc) is 3.64. The number of anilines is 1. The van der Waals surface area contributed by atoms with E-state index in [-0.39, 0.29) is 17.5 Å². The van der Waals surface area contributed by atoms with E-state index in [4.69, 9.17) is 16.6 Å². The number of nitrogens with one attached hydrogen (secondary N) is 2. The second kappa shape index (κ2) is 9.34. The van der Waals surface area contributed by atoms with Crippen molar-refractivity contribution >= 4 is 23.2 Å². The van der Waals surface area contributed by atoms with Crippen LogP contribution in [0.15, 0.2) is 59.8 Å². The molecule has 0 spiro atoms. The molecule has 1 aliphatic heterocycles. The van der Waals surface area contributed by atoms with Crippen LogP contribution in [0.5, 0.6) is 0 Å². The molecule has 38 heavy (non-hydrogen) atoms. The topological polar surface area (TPSA) is 136 Å². The van der Waals surface area contributed by atoms with Gasteiger partial charge >= 0.3 is 0 Å². The van der Waals surface area contributed by atoms with Gasteiger partial charge < -0.3 is 14.9 Å². The van der Waals surface area contributed by atoms with Crippen molar-refractivity contribution < 1.29 is 4.79 Å². The van der Waals surface area contributed by atoms with Gasteiger partial charge in [0.1, 0.15) is 12.2 Å². The molecule has 0 unspecified atom stereocenters. The molecule has 12 heteroatoms. The van der Waals surface area contributed by atoms with Crippen LogP contribution in [0, 0.1) is 6.92 Å². The molecule has 0 aliphatic carbocycles. The Hall–Kier alpha value is -4.64. The number of carbonyl (C=O) groups excluding carboxylic acids is 1. The molecular weight excluding hydrogens is 506 g/mol. The quantitative estimate of drug-likeness (QED) is 0.355. The summed E-state index contributed by atoms with van der Waals surface area (Å²) in [6.45, 7) is 3.35. The third-order valence-corrected chi connectivity index (χ3v) is 6.79. The molecule has 0 radical (unpaired) electrons. The summed E-state index contributed by atoms with van der Waals surface area (Å²) in [5.41, 5.74) is 5.89. The van der Waals surface area contributed by atoms with Crippen molar-refractivity contribution in [3.63, 3.8) is 0 Å². The predicted molar refractivity (Wildman–Crippen MR) is 141 cm³/mol. The lowest BCUT2D eigenvalue weighted by Gasteiger charge is -2.15. The van der Waals surface area contributed by atoms with E-state index in [1.165, 1.54) is 13.3 Å². The van der Waals surface area contributed by atoms with E-state index in [1.807, 2.05) is 31.2 Å². The number of H-pyrrole nitrogens is 1. The van der Waals surface area contributed by atoms with Gasteiger partial charge in [0, 0.05) is 29.3 Å². The highest BCUT2D eigenvalue weighted by atomic mass is 35.5. The average molecular weight is 528 g/mol. The first-order valence-electron chi connectivity index (χ1n) is 12.0. The molecule has 6 rings (SSSR count). The van der Waals surface area contributed by atoms with E-state index in [1.54, 1.807) is 33.6 Å². The number of hydrogen-bond acceptors (Lipinski definition) is 7. The minimum absolute atomic E-state index is 0.129. The molecule has 4 aromatic heterocycles. The molecule has 1 aliphatic rings. The lowest BCUT2D eigenvalue weighted by atomic mass is 10.0. The van der Waals surface area contributed by atoms with Crippen LogP contribution in [-0.4, -0.2) is 45.6 Å². The van der Waals surface area contributed by atoms with Gasteiger partial charge in [0.25, 0.3) is 5.56 Å². The molecule has 0 bridgehead atoms. The molecular formula is C26H22ClN9O2. The summed E-state index contributed by atoms with van der Waals surface area (Å²) in [6, 6.07) is 12.4. The van der Waals surface area contributed by atoms with Gasteiger partial charge in [-0.05, 0) is 72.2 Å². The summed E-state index contributed by atoms with van der Waals surface area (Å²) >= 11 is 6.31. The Bertz CT molecular complexity index is 1720. The third kappa shape index (κ3) is 4.26. The van der Waals surface area contributed by atoms with Crippen LogP contribution in [0.25, 0.3) is 28.2 Å². The van der Waals surface area contributed by atoms with E-state index in [0.29, 0.717) is 28.6 Å². The molecule has 190 valence electrons. The van der Waals surface area contributed by atoms with Crippen LogP contribution >= 0.6 is 11.6 Å². The van der Waals surface area contributed by atoms with E-state index in [0.717, 1.165) is 40.3 Å². The number of aromatic amines is 1. The highest BCUT2D eigenvalue weighted by Crippen LogP contribution is 2.35. The molecule has 2 N–H and O–H groups in total. The van der Waals surface area contributed by atoms with Gasteiger partial charge in [0.15, 0.2) is 0 Å². The molecule has 5 heterocycles. The number of halogens is 1. The Morgan fingerprint density at radius 1 is 1.18 bits per heavy atom. The number of nitrogens with zero attached hydrogens (tertiary/aromatic N) is 7. The molecule has 1 atom stereocenters. The zero-order valence-corrected chi connectivity index (χ0v) is 21.3. The summed E-state index contributed by atoms with van der Waals surface area (Å²) in [6.07, 6.45) is 4.55. The highest BCUT2D eigenvalue weighted by molar-refractivity contribution is 6.31. The number of rotatable bonds is 5. The number of tetrazole rings is 1. The zero-order chi connectivity index (χ0) is 26.4. The largest absolute Gasteiger partial charge is 0.339 e. The molecule has 11 nitrogen and oxygen atoms in total. The van der Waals surface area contributed by atoms with Crippen molar-refractivity contribution in [1.29, 1.82) is 0 Å². The fourth-order valence-corrected chi connectivity index (χ4v) is 5.10. The standard InChI is InChI=1S/C26H22ClN9O2/c1-14-25(21-6-4-18(12-28-21)31-15(2)37)32-26(30-14)23-8-5-19-9-16(10-24(38)36(19)23)20-11-17(27)3-7-22(20)35-13-29-33-34-35/h3-4,6-7,9-13,23H,5,8H2,1-2H3,(H,30,32)(H,31,37)/t23-/m0/s1. The Labute approximate surface area is 221 Å². The number of fused-ring (bicyclic) bond motifs is 1. The van der Waals surface area contributed by atoms with Gasteiger partial charge in [-0.3, -0.25) is 14.6 Å². The van der Waals surface area contributed by atoms with Crippen molar-refractivity contribution in [2.45, 2.75) is 32.7 Å². The fraction of sp³-hybridized carbons (Fsp3) is 0.192. The third-order valence-electron chi connectivity index (χ3n) is 6.56. The number of hydrogen-bond donors (Lipinski definition) is 2. The monoisotopic (exact) mass is 527 g/mol. The van der Waals surface area contributed by atoms with Crippen molar-refractivity contribution in [3.05, 3.63) is 87.6 Å². The lowest BCUT2D eigenvalue weighted by molar-refractivity contribution is -0.114. The summed E-state index contributed by atoms with van der Waals surface area (Å²) in [5, 5.41) is 14.7. The SMILES string of the molecule is CC(=O)Nc1ccc(-c2[nH]c([C@@H]3CCc4cc(-c5cc(Cl)ccc5-n5cnnn5)cc(=O)n43)nc2C)nc1. The summed E-state index contributed by atoms with van der Waals surface area (Å²) < 4.78 is 3.34. The molecule has 5 aromatic rings. The summed E-state index contributed by atoms with van der Waals surface area (Å²) in [5.74, 6) is 0.547. The first kappa shape index (κ1) is 23.7. The normalized spacial score (nSPS) is 14.4. The molecule has 0 saturated carbocycles. The first-order chi connectivity index (χ1) is 18.4. The highest BCUT2D eigenvalue weighted by Gasteiger charge is 2.29. The van der Waals surface area contributed by atoms with Crippen LogP contribution in [0.2, 0.25) is 5.02 Å². The number of amides is 1. The van der Waals surface area contributed by atoms with Crippen molar-refractivity contribution in [3.8, 4) is 28.2 Å².